The zero-order valence-corrected chi connectivity index (χ0v) is 17.8. The van der Waals surface area contributed by atoms with Gasteiger partial charge in [0.15, 0.2) is 6.61 Å². The number of carbonyl (C=O) groups is 2. The Morgan fingerprint density at radius 3 is 2.66 bits per heavy atom. The van der Waals surface area contributed by atoms with E-state index in [1.807, 2.05) is 18.4 Å². The molecule has 156 valence electrons. The summed E-state index contributed by atoms with van der Waals surface area (Å²) < 4.78 is 33.5. The zero-order valence-electron chi connectivity index (χ0n) is 16.3. The first-order valence-corrected chi connectivity index (χ1v) is 10.7. The minimum absolute atomic E-state index is 0.00317. The van der Waals surface area contributed by atoms with Crippen LogP contribution in [0.1, 0.15) is 28.2 Å². The minimum atomic E-state index is -3.79. The lowest BCUT2D eigenvalue weighted by molar-refractivity contribution is -0.142. The second-order valence-corrected chi connectivity index (χ2v) is 8.58. The summed E-state index contributed by atoms with van der Waals surface area (Å²) in [6, 6.07) is 7.53. The Balaban J connectivity index is 1.85. The lowest BCUT2D eigenvalue weighted by atomic mass is 10.1. The molecule has 9 heteroatoms. The quantitative estimate of drug-likeness (QED) is 0.349. The summed E-state index contributed by atoms with van der Waals surface area (Å²) >= 11 is 5.79. The molecule has 2 aromatic rings. The van der Waals surface area contributed by atoms with Crippen molar-refractivity contribution in [3.63, 3.8) is 0 Å². The number of benzene rings is 1. The van der Waals surface area contributed by atoms with E-state index < -0.39 is 22.6 Å². The average Bonchev–Trinajstić information content (AvgIpc) is 2.94. The monoisotopic (exact) mass is 438 g/mol. The average molecular weight is 439 g/mol. The molecule has 1 aromatic heterocycles. The third-order valence-electron chi connectivity index (χ3n) is 4.28. The Morgan fingerprint density at radius 1 is 1.28 bits per heavy atom. The highest BCUT2D eigenvalue weighted by atomic mass is 35.5. The normalized spacial score (nSPS) is 11.3. The number of allylic oxidation sites excluding steroid dienone is 1. The van der Waals surface area contributed by atoms with Crippen LogP contribution in [0.5, 0.6) is 0 Å². The molecular weight excluding hydrogens is 416 g/mol. The third-order valence-corrected chi connectivity index (χ3v) is 5.97. The SMILES string of the molecule is C=CCn1c(C)cc(C(=O)COC(=O)CCNS(=O)(=O)c2cccc(Cl)c2)c1C. The Bertz CT molecular complexity index is 1030. The Morgan fingerprint density at radius 2 is 2.00 bits per heavy atom. The first-order chi connectivity index (χ1) is 13.7. The summed E-state index contributed by atoms with van der Waals surface area (Å²) in [6.45, 7) is 7.41. The minimum Gasteiger partial charge on any atom is -0.457 e. The van der Waals surface area contributed by atoms with Gasteiger partial charge in [-0.05, 0) is 38.1 Å². The van der Waals surface area contributed by atoms with E-state index in [1.165, 1.54) is 18.2 Å². The maximum Gasteiger partial charge on any atom is 0.307 e. The van der Waals surface area contributed by atoms with Gasteiger partial charge in [-0.2, -0.15) is 0 Å². The van der Waals surface area contributed by atoms with Gasteiger partial charge >= 0.3 is 5.97 Å². The molecule has 29 heavy (non-hydrogen) atoms. The molecule has 0 aliphatic heterocycles. The van der Waals surface area contributed by atoms with E-state index in [1.54, 1.807) is 18.2 Å². The van der Waals surface area contributed by atoms with E-state index in [9.17, 15) is 18.0 Å². The molecule has 0 radical (unpaired) electrons. The molecule has 7 nitrogen and oxygen atoms in total. The van der Waals surface area contributed by atoms with Crippen molar-refractivity contribution in [2.24, 2.45) is 0 Å². The van der Waals surface area contributed by atoms with Crippen molar-refractivity contribution in [1.82, 2.24) is 9.29 Å². The molecule has 0 amide bonds. The van der Waals surface area contributed by atoms with Crippen LogP contribution in [0.4, 0.5) is 0 Å². The van der Waals surface area contributed by atoms with Gasteiger partial charge in [0.1, 0.15) is 0 Å². The van der Waals surface area contributed by atoms with Gasteiger partial charge in [0.25, 0.3) is 0 Å². The number of sulfonamides is 1. The number of nitrogens with zero attached hydrogens (tertiary/aromatic N) is 1. The number of ether oxygens (including phenoxy) is 1. The summed E-state index contributed by atoms with van der Waals surface area (Å²) in [7, 11) is -3.79. The fourth-order valence-electron chi connectivity index (χ4n) is 2.79. The van der Waals surface area contributed by atoms with Gasteiger partial charge in [-0.1, -0.05) is 23.7 Å². The largest absolute Gasteiger partial charge is 0.457 e. The molecule has 1 aromatic carbocycles. The van der Waals surface area contributed by atoms with Gasteiger partial charge in [0.2, 0.25) is 15.8 Å². The smallest absolute Gasteiger partial charge is 0.307 e. The van der Waals surface area contributed by atoms with E-state index in [0.29, 0.717) is 17.1 Å². The summed E-state index contributed by atoms with van der Waals surface area (Å²) in [5, 5.41) is 0.290. The number of esters is 1. The molecule has 2 rings (SSSR count). The van der Waals surface area contributed by atoms with E-state index in [0.717, 1.165) is 11.4 Å². The number of rotatable bonds is 10. The van der Waals surface area contributed by atoms with Crippen LogP contribution in [0.15, 0.2) is 47.9 Å². The molecule has 0 aliphatic carbocycles. The molecule has 0 atom stereocenters. The van der Waals surface area contributed by atoms with E-state index in [4.69, 9.17) is 16.3 Å². The maximum absolute atomic E-state index is 12.3. The van der Waals surface area contributed by atoms with Gasteiger partial charge in [-0.25, -0.2) is 13.1 Å². The summed E-state index contributed by atoms with van der Waals surface area (Å²) in [4.78, 5) is 24.2. The Labute approximate surface area is 175 Å². The van der Waals surface area contributed by atoms with Crippen molar-refractivity contribution >= 4 is 33.4 Å². The lowest BCUT2D eigenvalue weighted by Crippen LogP contribution is -2.27. The van der Waals surface area contributed by atoms with E-state index >= 15 is 0 Å². The highest BCUT2D eigenvalue weighted by molar-refractivity contribution is 7.89. The number of nitrogens with one attached hydrogen (secondary N) is 1. The first-order valence-electron chi connectivity index (χ1n) is 8.87. The molecular formula is C20H23ClN2O5S. The van der Waals surface area contributed by atoms with Crippen LogP contribution in [0.2, 0.25) is 5.02 Å². The number of halogens is 1. The van der Waals surface area contributed by atoms with Crippen molar-refractivity contribution in [2.75, 3.05) is 13.2 Å². The maximum atomic E-state index is 12.3. The van der Waals surface area contributed by atoms with Crippen molar-refractivity contribution in [3.05, 3.63) is 65.0 Å². The fraction of sp³-hybridized carbons (Fsp3) is 0.300. The second-order valence-electron chi connectivity index (χ2n) is 6.37. The second kappa shape index (κ2) is 9.87. The number of ketones is 1. The number of Topliss-reactive ketones (excluding diaryl/α,β-unsaturated/α-hetero) is 1. The highest BCUT2D eigenvalue weighted by Gasteiger charge is 2.18. The Kier molecular flexibility index (Phi) is 7.78. The zero-order chi connectivity index (χ0) is 21.6. The number of carbonyl (C=O) groups excluding carboxylic acids is 2. The van der Waals surface area contributed by atoms with Crippen LogP contribution in [-0.2, 0) is 26.1 Å². The lowest BCUT2D eigenvalue weighted by Gasteiger charge is -2.08. The number of aromatic nitrogens is 1. The predicted octanol–water partition coefficient (Wildman–Crippen LogP) is 3.04. The molecule has 0 aliphatic rings. The first kappa shape index (κ1) is 22.9. The van der Waals surface area contributed by atoms with Crippen molar-refractivity contribution in [3.8, 4) is 0 Å². The Hall–Kier alpha value is -2.42. The number of hydrogen-bond donors (Lipinski definition) is 1. The third kappa shape index (κ3) is 6.03. The van der Waals surface area contributed by atoms with Crippen LogP contribution < -0.4 is 4.72 Å². The van der Waals surface area contributed by atoms with Crippen LogP contribution in [0.25, 0.3) is 0 Å². The van der Waals surface area contributed by atoms with E-state index in [-0.39, 0.29) is 23.6 Å². The van der Waals surface area contributed by atoms with Crippen LogP contribution >= 0.6 is 11.6 Å². The van der Waals surface area contributed by atoms with Crippen molar-refractivity contribution in [1.29, 1.82) is 0 Å². The van der Waals surface area contributed by atoms with Crippen molar-refractivity contribution in [2.45, 2.75) is 31.7 Å². The predicted molar refractivity (Wildman–Crippen MR) is 111 cm³/mol. The number of aryl methyl sites for hydroxylation is 1. The topological polar surface area (TPSA) is 94.5 Å². The van der Waals surface area contributed by atoms with Gasteiger partial charge in [-0.15, -0.1) is 6.58 Å². The highest BCUT2D eigenvalue weighted by Crippen LogP contribution is 2.17. The molecule has 1 N–H and O–H groups in total. The summed E-state index contributed by atoms with van der Waals surface area (Å²) in [6.07, 6.45) is 1.53. The standard InChI is InChI=1S/C20H23ClN2O5S/c1-4-10-23-14(2)11-18(15(23)3)19(24)13-28-20(25)8-9-22-29(26,27)17-7-5-6-16(21)12-17/h4-7,11-12,22H,1,8-10,13H2,2-3H3. The van der Waals surface area contributed by atoms with Gasteiger partial charge in [0, 0.05) is 35.1 Å². The molecule has 0 spiro atoms. The van der Waals surface area contributed by atoms with Gasteiger partial charge in [-0.3, -0.25) is 9.59 Å². The fourth-order valence-corrected chi connectivity index (χ4v) is 4.13. The van der Waals surface area contributed by atoms with Gasteiger partial charge < -0.3 is 9.30 Å². The molecule has 1 heterocycles. The molecule has 0 unspecified atom stereocenters. The van der Waals surface area contributed by atoms with Gasteiger partial charge in [0.05, 0.1) is 11.3 Å². The molecule has 0 bridgehead atoms. The van der Waals surface area contributed by atoms with Crippen LogP contribution in [-0.4, -0.2) is 37.9 Å². The summed E-state index contributed by atoms with van der Waals surface area (Å²) in [5.41, 5.74) is 2.17. The van der Waals surface area contributed by atoms with Crippen molar-refractivity contribution < 1.29 is 22.7 Å². The molecule has 0 fully saturated rings. The van der Waals surface area contributed by atoms with Crippen LogP contribution in [0, 0.1) is 13.8 Å². The number of hydrogen-bond acceptors (Lipinski definition) is 5. The molecule has 0 saturated carbocycles. The summed E-state index contributed by atoms with van der Waals surface area (Å²) in [5.74, 6) is -0.992. The van der Waals surface area contributed by atoms with Crippen LogP contribution in [0.3, 0.4) is 0 Å². The van der Waals surface area contributed by atoms with E-state index in [2.05, 4.69) is 11.3 Å². The molecule has 0 saturated heterocycles.